The van der Waals surface area contributed by atoms with Crippen LogP contribution in [0.25, 0.3) is 0 Å². The molecule has 19 heavy (non-hydrogen) atoms. The first-order chi connectivity index (χ1) is 9.04. The first-order valence-electron chi connectivity index (χ1n) is 7.28. The molecule has 0 aromatic carbocycles. The Bertz CT molecular complexity index is 426. The van der Waals surface area contributed by atoms with E-state index in [2.05, 4.69) is 4.72 Å². The fourth-order valence-electron chi connectivity index (χ4n) is 3.54. The lowest BCUT2D eigenvalue weighted by Crippen LogP contribution is -2.42. The van der Waals surface area contributed by atoms with Gasteiger partial charge in [-0.3, -0.25) is 0 Å². The molecular formula is C13H23NO4S. The molecule has 2 aliphatic carbocycles. The zero-order valence-electron chi connectivity index (χ0n) is 11.2. The molecule has 0 aromatic rings. The predicted octanol–water partition coefficient (Wildman–Crippen LogP) is 0.636. The Morgan fingerprint density at radius 2 is 1.84 bits per heavy atom. The van der Waals surface area contributed by atoms with Crippen LogP contribution in [0.5, 0.6) is 0 Å². The van der Waals surface area contributed by atoms with Crippen molar-refractivity contribution in [2.45, 2.75) is 49.9 Å². The number of ether oxygens (including phenoxy) is 1. The Balaban J connectivity index is 1.58. The highest BCUT2D eigenvalue weighted by atomic mass is 32.2. The molecule has 0 amide bonds. The molecular weight excluding hydrogens is 266 g/mol. The number of sulfonamides is 1. The van der Waals surface area contributed by atoms with Crippen molar-refractivity contribution in [1.29, 1.82) is 0 Å². The predicted molar refractivity (Wildman–Crippen MR) is 71.2 cm³/mol. The van der Waals surface area contributed by atoms with Gasteiger partial charge in [0.15, 0.2) is 0 Å². The maximum atomic E-state index is 11.8. The summed E-state index contributed by atoms with van der Waals surface area (Å²) >= 11 is 0. The Kier molecular flexibility index (Phi) is 3.62. The van der Waals surface area contributed by atoms with Gasteiger partial charge in [-0.1, -0.05) is 0 Å². The van der Waals surface area contributed by atoms with Crippen LogP contribution in [0.2, 0.25) is 0 Å². The van der Waals surface area contributed by atoms with Crippen molar-refractivity contribution in [3.05, 3.63) is 0 Å². The van der Waals surface area contributed by atoms with Crippen molar-refractivity contribution < 1.29 is 18.3 Å². The van der Waals surface area contributed by atoms with Crippen molar-refractivity contribution in [1.82, 2.24) is 4.72 Å². The molecule has 2 N–H and O–H groups in total. The molecule has 3 fully saturated rings. The molecule has 3 aliphatic rings. The van der Waals surface area contributed by atoms with Gasteiger partial charge in [-0.2, -0.15) is 0 Å². The molecule has 0 bridgehead atoms. The fourth-order valence-corrected chi connectivity index (χ4v) is 4.97. The Morgan fingerprint density at radius 1 is 1.16 bits per heavy atom. The minimum Gasteiger partial charge on any atom is -0.392 e. The number of hydrogen-bond donors (Lipinski definition) is 2. The normalized spacial score (nSPS) is 34.8. The smallest absolute Gasteiger partial charge is 0.214 e. The summed E-state index contributed by atoms with van der Waals surface area (Å²) < 4.78 is 31.7. The quantitative estimate of drug-likeness (QED) is 0.796. The van der Waals surface area contributed by atoms with Crippen LogP contribution in [-0.2, 0) is 14.8 Å². The van der Waals surface area contributed by atoms with Gasteiger partial charge >= 0.3 is 0 Å². The highest BCUT2D eigenvalue weighted by Crippen LogP contribution is 2.48. The van der Waals surface area contributed by atoms with Crippen molar-refractivity contribution in [2.75, 3.05) is 19.8 Å². The molecule has 110 valence electrons. The van der Waals surface area contributed by atoms with E-state index in [4.69, 9.17) is 4.74 Å². The van der Waals surface area contributed by atoms with Gasteiger partial charge in [0.05, 0.1) is 11.4 Å². The highest BCUT2D eigenvalue weighted by molar-refractivity contribution is 7.90. The van der Waals surface area contributed by atoms with Gasteiger partial charge in [0.1, 0.15) is 0 Å². The van der Waals surface area contributed by atoms with Crippen molar-refractivity contribution >= 4 is 10.0 Å². The van der Waals surface area contributed by atoms with E-state index in [0.717, 1.165) is 51.7 Å². The van der Waals surface area contributed by atoms with E-state index in [-0.39, 0.29) is 16.6 Å². The molecule has 0 aromatic heterocycles. The summed E-state index contributed by atoms with van der Waals surface area (Å²) in [7, 11) is -3.13. The summed E-state index contributed by atoms with van der Waals surface area (Å²) in [6.45, 7) is 1.83. The summed E-state index contributed by atoms with van der Waals surface area (Å²) in [5.74, 6) is 0.0617. The lowest BCUT2D eigenvalue weighted by Gasteiger charge is -2.37. The van der Waals surface area contributed by atoms with Crippen LogP contribution in [0.1, 0.15) is 38.5 Å². The Hall–Kier alpha value is -0.170. The van der Waals surface area contributed by atoms with Crippen molar-refractivity contribution in [3.8, 4) is 0 Å². The van der Waals surface area contributed by atoms with E-state index in [0.29, 0.717) is 6.54 Å². The molecule has 2 atom stereocenters. The largest absolute Gasteiger partial charge is 0.392 e. The fraction of sp³-hybridized carbons (Fsp3) is 1.00. The number of rotatable bonds is 4. The third kappa shape index (κ3) is 2.68. The van der Waals surface area contributed by atoms with E-state index in [1.165, 1.54) is 0 Å². The first-order valence-corrected chi connectivity index (χ1v) is 8.82. The standard InChI is InChI=1S/C13H23NO4S/c15-12-10(9-14-19(16,17)11-1-2-11)3-4-13(12)5-7-18-8-6-13/h10-12,14-15H,1-9H2. The number of aliphatic hydroxyl groups excluding tert-OH is 1. The van der Waals surface area contributed by atoms with Gasteiger partial charge < -0.3 is 9.84 Å². The third-order valence-electron chi connectivity index (χ3n) is 5.09. The van der Waals surface area contributed by atoms with Crippen molar-refractivity contribution in [2.24, 2.45) is 11.3 Å². The lowest BCUT2D eigenvalue weighted by molar-refractivity contribution is -0.0552. The van der Waals surface area contributed by atoms with Crippen LogP contribution >= 0.6 is 0 Å². The van der Waals surface area contributed by atoms with E-state index in [1.54, 1.807) is 0 Å². The van der Waals surface area contributed by atoms with E-state index in [9.17, 15) is 13.5 Å². The second kappa shape index (κ2) is 4.98. The van der Waals surface area contributed by atoms with Crippen LogP contribution in [0, 0.1) is 11.3 Å². The molecule has 1 aliphatic heterocycles. The van der Waals surface area contributed by atoms with Gasteiger partial charge in [0.2, 0.25) is 10.0 Å². The van der Waals surface area contributed by atoms with Crippen LogP contribution in [0.15, 0.2) is 0 Å². The van der Waals surface area contributed by atoms with Crippen LogP contribution < -0.4 is 4.72 Å². The molecule has 6 heteroatoms. The Labute approximate surface area is 114 Å². The number of hydrogen-bond acceptors (Lipinski definition) is 4. The zero-order chi connectivity index (χ0) is 13.5. The van der Waals surface area contributed by atoms with E-state index in [1.807, 2.05) is 0 Å². The van der Waals surface area contributed by atoms with E-state index < -0.39 is 16.1 Å². The molecule has 2 saturated carbocycles. The first kappa shape index (κ1) is 13.8. The van der Waals surface area contributed by atoms with Gasteiger partial charge in [-0.15, -0.1) is 0 Å². The molecule has 0 radical (unpaired) electrons. The third-order valence-corrected chi connectivity index (χ3v) is 7.00. The summed E-state index contributed by atoms with van der Waals surface area (Å²) in [6.07, 6.45) is 4.88. The second-order valence-corrected chi connectivity index (χ2v) is 8.36. The van der Waals surface area contributed by atoms with Gasteiger partial charge in [-0.05, 0) is 44.4 Å². The molecule has 1 spiro atoms. The second-order valence-electron chi connectivity index (χ2n) is 6.31. The van der Waals surface area contributed by atoms with Crippen LogP contribution in [-0.4, -0.2) is 44.6 Å². The summed E-state index contributed by atoms with van der Waals surface area (Å²) in [4.78, 5) is 0. The number of aliphatic hydroxyl groups is 1. The van der Waals surface area contributed by atoms with Gasteiger partial charge in [0.25, 0.3) is 0 Å². The molecule has 1 saturated heterocycles. The van der Waals surface area contributed by atoms with Crippen LogP contribution in [0.4, 0.5) is 0 Å². The van der Waals surface area contributed by atoms with Crippen molar-refractivity contribution in [3.63, 3.8) is 0 Å². The maximum Gasteiger partial charge on any atom is 0.214 e. The number of nitrogens with one attached hydrogen (secondary N) is 1. The Morgan fingerprint density at radius 3 is 2.47 bits per heavy atom. The SMILES string of the molecule is O=S(=O)(NCC1CCC2(CCOCC2)C1O)C1CC1. The maximum absolute atomic E-state index is 11.8. The topological polar surface area (TPSA) is 75.6 Å². The van der Waals surface area contributed by atoms with Gasteiger partial charge in [-0.25, -0.2) is 13.1 Å². The molecule has 3 rings (SSSR count). The van der Waals surface area contributed by atoms with Gasteiger partial charge in [0, 0.05) is 25.2 Å². The summed E-state index contributed by atoms with van der Waals surface area (Å²) in [6, 6.07) is 0. The minimum absolute atomic E-state index is 0.0199. The minimum atomic E-state index is -3.13. The molecule has 5 nitrogen and oxygen atoms in total. The average Bonchev–Trinajstić information content (AvgIpc) is 3.20. The monoisotopic (exact) mass is 289 g/mol. The van der Waals surface area contributed by atoms with Crippen LogP contribution in [0.3, 0.4) is 0 Å². The molecule has 1 heterocycles. The molecule has 2 unspecified atom stereocenters. The lowest BCUT2D eigenvalue weighted by atomic mass is 9.76. The summed E-state index contributed by atoms with van der Waals surface area (Å²) in [5.41, 5.74) is -0.0199. The highest BCUT2D eigenvalue weighted by Gasteiger charge is 2.48. The zero-order valence-corrected chi connectivity index (χ0v) is 12.0. The average molecular weight is 289 g/mol. The summed E-state index contributed by atoms with van der Waals surface area (Å²) in [5, 5.41) is 10.3. The van der Waals surface area contributed by atoms with E-state index >= 15 is 0 Å².